The van der Waals surface area contributed by atoms with E-state index in [-0.39, 0.29) is 30.0 Å². The lowest BCUT2D eigenvalue weighted by atomic mass is 9.88. The number of rotatable bonds is 6. The van der Waals surface area contributed by atoms with Crippen LogP contribution in [-0.2, 0) is 14.3 Å². The summed E-state index contributed by atoms with van der Waals surface area (Å²) in [6.07, 6.45) is 2.21. The van der Waals surface area contributed by atoms with Crippen LogP contribution in [0.3, 0.4) is 0 Å². The maximum Gasteiger partial charge on any atom is 0.326 e. The first kappa shape index (κ1) is 16.3. The van der Waals surface area contributed by atoms with E-state index in [9.17, 15) is 9.59 Å². The van der Waals surface area contributed by atoms with Crippen LogP contribution in [0.2, 0.25) is 0 Å². The van der Waals surface area contributed by atoms with Gasteiger partial charge in [0.2, 0.25) is 5.91 Å². The van der Waals surface area contributed by atoms with Gasteiger partial charge in [0.15, 0.2) is 0 Å². The Morgan fingerprint density at radius 2 is 1.95 bits per heavy atom. The van der Waals surface area contributed by atoms with Crippen LogP contribution in [0.4, 0.5) is 0 Å². The van der Waals surface area contributed by atoms with E-state index in [2.05, 4.69) is 5.32 Å². The van der Waals surface area contributed by atoms with Gasteiger partial charge in [0, 0.05) is 0 Å². The normalized spacial score (nSPS) is 32.0. The van der Waals surface area contributed by atoms with Gasteiger partial charge < -0.3 is 15.2 Å². The van der Waals surface area contributed by atoms with Gasteiger partial charge in [-0.05, 0) is 38.2 Å². The van der Waals surface area contributed by atoms with Crippen molar-refractivity contribution in [1.82, 2.24) is 5.32 Å². The van der Waals surface area contributed by atoms with Crippen molar-refractivity contribution in [2.24, 2.45) is 11.8 Å². The molecule has 1 fully saturated rings. The molecule has 0 radical (unpaired) electrons. The summed E-state index contributed by atoms with van der Waals surface area (Å²) in [5, 5.41) is 11.8. The number of hydrogen-bond donors (Lipinski definition) is 2. The van der Waals surface area contributed by atoms with Crippen molar-refractivity contribution in [2.75, 3.05) is 12.0 Å². The molecule has 0 spiro atoms. The third-order valence-corrected chi connectivity index (χ3v) is 4.41. The average Bonchev–Trinajstić information content (AvgIpc) is 2.58. The Morgan fingerprint density at radius 3 is 2.37 bits per heavy atom. The number of ether oxygens (including phenoxy) is 1. The Balaban J connectivity index is 2.63. The van der Waals surface area contributed by atoms with Gasteiger partial charge in [0.05, 0.1) is 18.1 Å². The Labute approximate surface area is 118 Å². The summed E-state index contributed by atoms with van der Waals surface area (Å²) in [7, 11) is 0. The number of carbonyl (C=O) groups is 2. The van der Waals surface area contributed by atoms with E-state index in [1.54, 1.807) is 11.8 Å². The zero-order chi connectivity index (χ0) is 14.6. The quantitative estimate of drug-likeness (QED) is 0.772. The molecule has 0 aromatic heterocycles. The van der Waals surface area contributed by atoms with Gasteiger partial charge in [0.1, 0.15) is 6.04 Å². The lowest BCUT2D eigenvalue weighted by Gasteiger charge is -2.21. The molecule has 1 aliphatic heterocycles. The Kier molecular flexibility index (Phi) is 6.13. The van der Waals surface area contributed by atoms with Gasteiger partial charge in [-0.3, -0.25) is 4.79 Å². The molecule has 0 saturated carbocycles. The molecule has 1 aliphatic rings. The highest BCUT2D eigenvalue weighted by atomic mass is 32.2. The number of amides is 1. The summed E-state index contributed by atoms with van der Waals surface area (Å²) in [5.41, 5.74) is 0. The van der Waals surface area contributed by atoms with E-state index in [0.29, 0.717) is 12.2 Å². The van der Waals surface area contributed by atoms with E-state index < -0.39 is 12.0 Å². The molecule has 1 rings (SSSR count). The number of hydrogen-bond acceptors (Lipinski definition) is 4. The van der Waals surface area contributed by atoms with Gasteiger partial charge in [-0.1, -0.05) is 6.92 Å². The van der Waals surface area contributed by atoms with Gasteiger partial charge in [0.25, 0.3) is 0 Å². The summed E-state index contributed by atoms with van der Waals surface area (Å²) in [4.78, 5) is 23.4. The highest BCUT2D eigenvalue weighted by molar-refractivity contribution is 7.98. The van der Waals surface area contributed by atoms with Crippen LogP contribution in [0.5, 0.6) is 0 Å². The topological polar surface area (TPSA) is 75.6 Å². The van der Waals surface area contributed by atoms with Gasteiger partial charge in [-0.15, -0.1) is 0 Å². The Hall–Kier alpha value is -0.750. The second-order valence-corrected chi connectivity index (χ2v) is 6.10. The van der Waals surface area contributed by atoms with Crippen molar-refractivity contribution in [2.45, 2.75) is 45.4 Å². The summed E-state index contributed by atoms with van der Waals surface area (Å²) < 4.78 is 5.62. The molecule has 110 valence electrons. The van der Waals surface area contributed by atoms with E-state index in [1.807, 2.05) is 27.0 Å². The zero-order valence-corrected chi connectivity index (χ0v) is 12.7. The first-order chi connectivity index (χ1) is 8.88. The van der Waals surface area contributed by atoms with Crippen molar-refractivity contribution >= 4 is 23.6 Å². The van der Waals surface area contributed by atoms with Gasteiger partial charge >= 0.3 is 5.97 Å². The molecule has 5 nitrogen and oxygen atoms in total. The summed E-state index contributed by atoms with van der Waals surface area (Å²) in [6, 6.07) is -0.810. The van der Waals surface area contributed by atoms with Crippen LogP contribution < -0.4 is 5.32 Å². The fourth-order valence-corrected chi connectivity index (χ4v) is 2.95. The molecule has 5 atom stereocenters. The van der Waals surface area contributed by atoms with Crippen molar-refractivity contribution < 1.29 is 19.4 Å². The van der Waals surface area contributed by atoms with Crippen molar-refractivity contribution in [1.29, 1.82) is 0 Å². The summed E-state index contributed by atoms with van der Waals surface area (Å²) in [6.45, 7) is 5.77. The van der Waals surface area contributed by atoms with Crippen molar-refractivity contribution in [3.05, 3.63) is 0 Å². The first-order valence-corrected chi connectivity index (χ1v) is 7.95. The van der Waals surface area contributed by atoms with Crippen molar-refractivity contribution in [3.8, 4) is 0 Å². The molecular weight excluding hydrogens is 266 g/mol. The molecular formula is C13H23NO4S. The van der Waals surface area contributed by atoms with Crippen LogP contribution >= 0.6 is 11.8 Å². The zero-order valence-electron chi connectivity index (χ0n) is 11.9. The second kappa shape index (κ2) is 7.14. The van der Waals surface area contributed by atoms with Crippen LogP contribution in [-0.4, -0.2) is 47.2 Å². The number of thioether (sulfide) groups is 1. The summed E-state index contributed by atoms with van der Waals surface area (Å²) >= 11 is 1.57. The smallest absolute Gasteiger partial charge is 0.326 e. The largest absolute Gasteiger partial charge is 0.480 e. The molecule has 1 saturated heterocycles. The van der Waals surface area contributed by atoms with Crippen LogP contribution in [0, 0.1) is 11.8 Å². The molecule has 1 amide bonds. The van der Waals surface area contributed by atoms with Crippen molar-refractivity contribution in [3.63, 3.8) is 0 Å². The number of carbonyl (C=O) groups excluding carboxylic acids is 1. The number of nitrogens with one attached hydrogen (secondary N) is 1. The molecule has 2 N–H and O–H groups in total. The number of carboxylic acid groups (broad SMARTS) is 1. The first-order valence-electron chi connectivity index (χ1n) is 6.56. The minimum atomic E-state index is -0.977. The molecule has 0 bridgehead atoms. The van der Waals surface area contributed by atoms with Gasteiger partial charge in [-0.2, -0.15) is 11.8 Å². The molecule has 1 heterocycles. The highest BCUT2D eigenvalue weighted by Gasteiger charge is 2.42. The van der Waals surface area contributed by atoms with E-state index in [4.69, 9.17) is 9.84 Å². The molecule has 4 unspecified atom stereocenters. The van der Waals surface area contributed by atoms with E-state index in [0.717, 1.165) is 0 Å². The lowest BCUT2D eigenvalue weighted by molar-refractivity contribution is -0.143. The lowest BCUT2D eigenvalue weighted by Crippen LogP contribution is -2.46. The van der Waals surface area contributed by atoms with Crippen LogP contribution in [0.1, 0.15) is 27.2 Å². The maximum absolute atomic E-state index is 12.2. The average molecular weight is 289 g/mol. The third-order valence-electron chi connectivity index (χ3n) is 3.77. The second-order valence-electron chi connectivity index (χ2n) is 5.11. The predicted molar refractivity (Wildman–Crippen MR) is 75.2 cm³/mol. The molecule has 0 aromatic carbocycles. The van der Waals surface area contributed by atoms with Crippen LogP contribution in [0.25, 0.3) is 0 Å². The third kappa shape index (κ3) is 4.11. The standard InChI is InChI=1S/C13H23NO4S/c1-7-8(2)18-9(3)11(7)12(15)14-10(13(16)17)5-6-19-4/h7-11H,5-6H2,1-4H3,(H,14,15)(H,16,17)/t7?,8?,9?,10-,11?/m1/s1. The SMILES string of the molecule is CSCC[C@@H](NC(=O)C1C(C)OC(C)C1C)C(=O)O. The molecule has 0 aliphatic carbocycles. The fraction of sp³-hybridized carbons (Fsp3) is 0.846. The van der Waals surface area contributed by atoms with Gasteiger partial charge in [-0.25, -0.2) is 4.79 Å². The number of aliphatic carboxylic acids is 1. The fourth-order valence-electron chi connectivity index (χ4n) is 2.48. The molecule has 0 aromatic rings. The predicted octanol–water partition coefficient (Wildman–Crippen LogP) is 1.37. The maximum atomic E-state index is 12.2. The minimum absolute atomic E-state index is 0.0280. The Bertz CT molecular complexity index is 337. The number of carboxylic acids is 1. The monoisotopic (exact) mass is 289 g/mol. The van der Waals surface area contributed by atoms with Crippen LogP contribution in [0.15, 0.2) is 0 Å². The summed E-state index contributed by atoms with van der Waals surface area (Å²) in [5.74, 6) is -0.649. The Morgan fingerprint density at radius 1 is 1.32 bits per heavy atom. The molecule has 6 heteroatoms. The minimum Gasteiger partial charge on any atom is -0.480 e. The highest BCUT2D eigenvalue weighted by Crippen LogP contribution is 2.32. The molecule has 19 heavy (non-hydrogen) atoms. The van der Waals surface area contributed by atoms with E-state index in [1.165, 1.54) is 0 Å². The van der Waals surface area contributed by atoms with E-state index >= 15 is 0 Å².